The molecule has 0 saturated heterocycles. The lowest BCUT2D eigenvalue weighted by atomic mass is 10.00. The minimum atomic E-state index is -4.00. The molecule has 0 radical (unpaired) electrons. The van der Waals surface area contributed by atoms with Crippen molar-refractivity contribution in [2.24, 2.45) is 5.92 Å². The summed E-state index contributed by atoms with van der Waals surface area (Å²) in [4.78, 5) is 26.2. The summed E-state index contributed by atoms with van der Waals surface area (Å²) in [5.74, 6) is -1.68. The molecule has 0 aliphatic carbocycles. The van der Waals surface area contributed by atoms with Gasteiger partial charge in [0.1, 0.15) is 5.82 Å². The zero-order valence-corrected chi connectivity index (χ0v) is 26.4. The predicted octanol–water partition coefficient (Wildman–Crippen LogP) is 4.29. The molecule has 0 heterocycles. The van der Waals surface area contributed by atoms with Crippen LogP contribution in [0.5, 0.6) is 0 Å². The van der Waals surface area contributed by atoms with Gasteiger partial charge in [0, 0.05) is 29.9 Å². The third-order valence-corrected chi connectivity index (χ3v) is 9.08. The highest BCUT2D eigenvalue weighted by Gasteiger charge is 2.31. The number of anilines is 3. The minimum Gasteiger partial charge on any atom is -0.399 e. The van der Waals surface area contributed by atoms with E-state index in [4.69, 9.17) is 11.5 Å². The van der Waals surface area contributed by atoms with Crippen molar-refractivity contribution in [1.29, 1.82) is 0 Å². The topological polar surface area (TPSA) is 168 Å². The average Bonchev–Trinajstić information content (AvgIpc) is 3.02. The van der Waals surface area contributed by atoms with Crippen LogP contribution >= 0.6 is 0 Å². The van der Waals surface area contributed by atoms with Gasteiger partial charge in [0.15, 0.2) is 0 Å². The molecule has 0 saturated carbocycles. The zero-order valence-electron chi connectivity index (χ0n) is 25.6. The second-order valence-corrected chi connectivity index (χ2v) is 13.3. The Bertz CT molecular complexity index is 1750. The summed E-state index contributed by atoms with van der Waals surface area (Å²) in [7, 11) is -4.00. The van der Waals surface area contributed by atoms with Crippen LogP contribution in [0.3, 0.4) is 0 Å². The quantitative estimate of drug-likeness (QED) is 0.135. The van der Waals surface area contributed by atoms with E-state index < -0.39 is 39.8 Å². The summed E-state index contributed by atoms with van der Waals surface area (Å²) in [6.45, 7) is 3.61. The van der Waals surface area contributed by atoms with Gasteiger partial charge in [-0.15, -0.1) is 0 Å². The van der Waals surface area contributed by atoms with Crippen molar-refractivity contribution in [1.82, 2.24) is 9.62 Å². The van der Waals surface area contributed by atoms with E-state index in [9.17, 15) is 27.5 Å². The number of nitrogens with two attached hydrogens (primary N) is 2. The Labute approximate surface area is 268 Å². The van der Waals surface area contributed by atoms with Gasteiger partial charge < -0.3 is 27.2 Å². The number of halogens is 1. The van der Waals surface area contributed by atoms with E-state index in [-0.39, 0.29) is 52.8 Å². The maximum absolute atomic E-state index is 13.6. The lowest BCUT2D eigenvalue weighted by Gasteiger charge is -2.31. The number of hydrogen-bond donors (Lipinski definition) is 5. The van der Waals surface area contributed by atoms with Crippen LogP contribution < -0.4 is 22.1 Å². The van der Waals surface area contributed by atoms with Crippen molar-refractivity contribution in [3.8, 4) is 0 Å². The molecule has 0 unspecified atom stereocenters. The summed E-state index contributed by atoms with van der Waals surface area (Å²) in [5, 5.41) is 16.9. The summed E-state index contributed by atoms with van der Waals surface area (Å²) in [6, 6.07) is 23.6. The molecule has 0 spiro atoms. The van der Waals surface area contributed by atoms with Gasteiger partial charge in [-0.1, -0.05) is 44.2 Å². The van der Waals surface area contributed by atoms with Crippen LogP contribution in [-0.4, -0.2) is 54.9 Å². The van der Waals surface area contributed by atoms with E-state index in [1.807, 2.05) is 44.2 Å². The molecule has 4 rings (SSSR count). The molecular weight excluding hydrogens is 609 g/mol. The van der Waals surface area contributed by atoms with Crippen molar-refractivity contribution < 1.29 is 27.5 Å². The molecule has 2 amide bonds. The largest absolute Gasteiger partial charge is 0.399 e. The van der Waals surface area contributed by atoms with E-state index in [1.165, 1.54) is 65.0 Å². The number of carbonyl (C=O) groups excluding carboxylic acids is 2. The fourth-order valence-electron chi connectivity index (χ4n) is 4.81. The van der Waals surface area contributed by atoms with E-state index in [0.717, 1.165) is 11.6 Å². The lowest BCUT2D eigenvalue weighted by Crippen LogP contribution is -2.51. The molecule has 0 aliphatic rings. The Morgan fingerprint density at radius 3 is 2.07 bits per heavy atom. The number of carbonyl (C=O) groups is 2. The molecule has 0 aromatic heterocycles. The number of aliphatic hydroxyl groups excluding tert-OH is 1. The van der Waals surface area contributed by atoms with Crippen LogP contribution in [0.2, 0.25) is 0 Å². The second-order valence-electron chi connectivity index (χ2n) is 11.4. The summed E-state index contributed by atoms with van der Waals surface area (Å²) in [5.41, 5.74) is 13.6. The van der Waals surface area contributed by atoms with E-state index in [2.05, 4.69) is 10.6 Å². The van der Waals surface area contributed by atoms with Gasteiger partial charge in [-0.2, -0.15) is 4.31 Å². The molecule has 46 heavy (non-hydrogen) atoms. The molecule has 12 heteroatoms. The molecule has 10 nitrogen and oxygen atoms in total. The van der Waals surface area contributed by atoms with Gasteiger partial charge in [0.25, 0.3) is 11.8 Å². The van der Waals surface area contributed by atoms with E-state index in [0.29, 0.717) is 5.69 Å². The number of aliphatic hydroxyl groups is 1. The average molecular weight is 648 g/mol. The summed E-state index contributed by atoms with van der Waals surface area (Å²) in [6.07, 6.45) is -1.06. The van der Waals surface area contributed by atoms with Crippen LogP contribution in [0.4, 0.5) is 21.5 Å². The summed E-state index contributed by atoms with van der Waals surface area (Å²) < 4.78 is 42.0. The standard InChI is InChI=1S/C34H38FN5O5S/c1-22(2)20-40(46(44,45)28-15-13-27(36)14-16-28)21-32(41)31(18-23-6-4-3-5-7-23)39-34(43)25-10-8-24(9-11-25)33(42)38-30-19-26(35)12-17-29(30)37/h3-17,19,22,31-32,41H,18,20-21,36-37H2,1-2H3,(H,38,42)(H,39,43)/t31-,32+/m0/s1. The first-order valence-corrected chi connectivity index (χ1v) is 16.1. The van der Waals surface area contributed by atoms with Crippen molar-refractivity contribution >= 4 is 38.9 Å². The van der Waals surface area contributed by atoms with Gasteiger partial charge in [-0.05, 0) is 84.6 Å². The van der Waals surface area contributed by atoms with Crippen molar-refractivity contribution in [2.45, 2.75) is 37.3 Å². The van der Waals surface area contributed by atoms with Crippen molar-refractivity contribution in [3.63, 3.8) is 0 Å². The first kappa shape index (κ1) is 34.1. The number of amides is 2. The third-order valence-electron chi connectivity index (χ3n) is 7.23. The van der Waals surface area contributed by atoms with Crippen LogP contribution in [0.25, 0.3) is 0 Å². The molecule has 0 aliphatic heterocycles. The highest BCUT2D eigenvalue weighted by atomic mass is 32.2. The highest BCUT2D eigenvalue weighted by Crippen LogP contribution is 2.22. The predicted molar refractivity (Wildman–Crippen MR) is 177 cm³/mol. The number of nitrogens with one attached hydrogen (secondary N) is 2. The second kappa shape index (κ2) is 15.0. The van der Waals surface area contributed by atoms with Gasteiger partial charge in [-0.3, -0.25) is 9.59 Å². The monoisotopic (exact) mass is 647 g/mol. The molecular formula is C34H38FN5O5S. The molecule has 4 aromatic carbocycles. The number of nitrogen functional groups attached to an aromatic ring is 2. The van der Waals surface area contributed by atoms with Gasteiger partial charge >= 0.3 is 0 Å². The van der Waals surface area contributed by atoms with Crippen LogP contribution in [-0.2, 0) is 16.4 Å². The van der Waals surface area contributed by atoms with Crippen LogP contribution in [0.15, 0.2) is 102 Å². The SMILES string of the molecule is CC(C)CN(C[C@@H](O)[C@H](Cc1ccccc1)NC(=O)c1ccc(C(=O)Nc2cc(F)ccc2N)cc1)S(=O)(=O)c1ccc(N)cc1. The molecule has 0 bridgehead atoms. The Hall–Kier alpha value is -4.78. The zero-order chi connectivity index (χ0) is 33.4. The van der Waals surface area contributed by atoms with E-state index >= 15 is 0 Å². The molecule has 7 N–H and O–H groups in total. The maximum Gasteiger partial charge on any atom is 0.255 e. The van der Waals surface area contributed by atoms with Crippen LogP contribution in [0, 0.1) is 11.7 Å². The lowest BCUT2D eigenvalue weighted by molar-refractivity contribution is 0.0775. The number of sulfonamides is 1. The maximum atomic E-state index is 13.6. The Kier molecular flexibility index (Phi) is 11.1. The third kappa shape index (κ3) is 8.90. The first-order valence-electron chi connectivity index (χ1n) is 14.7. The Morgan fingerprint density at radius 2 is 1.46 bits per heavy atom. The number of nitrogens with zero attached hydrogens (tertiary/aromatic N) is 1. The van der Waals surface area contributed by atoms with Crippen molar-refractivity contribution in [2.75, 3.05) is 29.9 Å². The Morgan fingerprint density at radius 1 is 0.848 bits per heavy atom. The van der Waals surface area contributed by atoms with E-state index in [1.54, 1.807) is 0 Å². The normalized spacial score (nSPS) is 12.9. The fraction of sp³-hybridized carbons (Fsp3) is 0.235. The number of rotatable bonds is 13. The van der Waals surface area contributed by atoms with Crippen molar-refractivity contribution in [3.05, 3.63) is 120 Å². The molecule has 242 valence electrons. The van der Waals surface area contributed by atoms with Gasteiger partial charge in [0.05, 0.1) is 28.4 Å². The molecule has 0 fully saturated rings. The van der Waals surface area contributed by atoms with Gasteiger partial charge in [-0.25, -0.2) is 12.8 Å². The number of benzene rings is 4. The molecule has 4 aromatic rings. The minimum absolute atomic E-state index is 0.0439. The Balaban J connectivity index is 1.53. The molecule has 2 atom stereocenters. The first-order chi connectivity index (χ1) is 21.8. The fourth-order valence-corrected chi connectivity index (χ4v) is 6.43. The number of hydrogen-bond acceptors (Lipinski definition) is 7. The van der Waals surface area contributed by atoms with Crippen LogP contribution in [0.1, 0.15) is 40.1 Å². The van der Waals surface area contributed by atoms with Gasteiger partial charge in [0.2, 0.25) is 10.0 Å². The summed E-state index contributed by atoms with van der Waals surface area (Å²) >= 11 is 0. The highest BCUT2D eigenvalue weighted by molar-refractivity contribution is 7.89. The smallest absolute Gasteiger partial charge is 0.255 e.